The number of carboxylic acid groups (broad SMARTS) is 3. The van der Waals surface area contributed by atoms with Crippen LogP contribution in [0, 0.1) is 5.92 Å². The molecular weight excluding hydrogens is 1220 g/mol. The van der Waals surface area contributed by atoms with E-state index in [0.717, 1.165) is 69.4 Å². The zero-order valence-corrected chi connectivity index (χ0v) is 54.5. The van der Waals surface area contributed by atoms with Crippen LogP contribution in [0.15, 0.2) is 24.3 Å². The molecule has 92 heavy (non-hydrogen) atoms. The highest BCUT2D eigenvalue weighted by atomic mass is 32.2. The van der Waals surface area contributed by atoms with E-state index in [0.29, 0.717) is 31.4 Å². The molecule has 520 valence electrons. The van der Waals surface area contributed by atoms with Crippen molar-refractivity contribution < 1.29 is 90.6 Å². The molecule has 1 heterocycles. The van der Waals surface area contributed by atoms with Gasteiger partial charge in [-0.2, -0.15) is 5.21 Å². The maximum atomic E-state index is 12.6. The highest BCUT2D eigenvalue weighted by Crippen LogP contribution is 2.16. The van der Waals surface area contributed by atoms with Crippen LogP contribution in [0.4, 0.5) is 5.69 Å². The predicted molar refractivity (Wildman–Crippen MR) is 339 cm³/mol. The van der Waals surface area contributed by atoms with Gasteiger partial charge < -0.3 is 60.9 Å². The number of rotatable bonds is 61. The standard InChI is InChI=1S/C62H102N10O19S/c1-2-3-34-63-49-29-26-47(27-30-49)59(79)65-35-18-17-22-52(61(82)83)67-58(78)46-91-42-39-88-37-19-21-50(73)31-32-53(62(84)85)66-56(76)33-28-48(60(80)81)44-51(74)45-90-41-40-89-38-36-64-55(75)25-20-43-92(86,87)70-57(77)24-16-14-12-10-8-6-4-5-7-9-11-13-15-23-54-68-71-72-69-54/h26-27,29-30,48,52-53,63H,2-25,28,31-46H2,1H3,(H,64,75)(H,65,79)(H,66,76)(H,67,78)(H,70,77)(H,80,81)(H,82,83)(H,84,85)(H,68,69,71,72)/t48-,52+,53+/m1/s1. The second-order valence-electron chi connectivity index (χ2n) is 22.6. The number of nitrogens with one attached hydrogen (secondary N) is 7. The van der Waals surface area contributed by atoms with Crippen LogP contribution < -0.4 is 31.3 Å². The highest BCUT2D eigenvalue weighted by molar-refractivity contribution is 7.90. The van der Waals surface area contributed by atoms with Crippen molar-refractivity contribution in [2.45, 2.75) is 205 Å². The van der Waals surface area contributed by atoms with E-state index in [4.69, 9.17) is 18.9 Å². The van der Waals surface area contributed by atoms with Gasteiger partial charge in [0.15, 0.2) is 11.6 Å². The maximum absolute atomic E-state index is 12.6. The van der Waals surface area contributed by atoms with Crippen LogP contribution in [0.5, 0.6) is 0 Å². The first kappa shape index (κ1) is 81.1. The summed E-state index contributed by atoms with van der Waals surface area (Å²) in [6, 6.07) is 4.55. The van der Waals surface area contributed by atoms with Gasteiger partial charge in [0, 0.05) is 82.4 Å². The molecule has 3 atom stereocenters. The fourth-order valence-electron chi connectivity index (χ4n) is 9.34. The number of aromatic amines is 1. The van der Waals surface area contributed by atoms with Crippen molar-refractivity contribution in [1.82, 2.24) is 46.6 Å². The molecule has 0 saturated heterocycles. The summed E-state index contributed by atoms with van der Waals surface area (Å²) in [4.78, 5) is 122. The number of carbonyl (C=O) groups excluding carboxylic acids is 7. The number of aliphatic carboxylic acids is 3. The van der Waals surface area contributed by atoms with Crippen molar-refractivity contribution in [3.8, 4) is 0 Å². The Kier molecular flexibility index (Phi) is 45.4. The Morgan fingerprint density at radius 3 is 1.74 bits per heavy atom. The molecule has 29 nitrogen and oxygen atoms in total. The monoisotopic (exact) mass is 1320 g/mol. The summed E-state index contributed by atoms with van der Waals surface area (Å²) < 4.78 is 48.2. The topological polar surface area (TPSA) is 429 Å². The summed E-state index contributed by atoms with van der Waals surface area (Å²) in [6.45, 7) is 2.83. The van der Waals surface area contributed by atoms with Crippen molar-refractivity contribution in [3.63, 3.8) is 0 Å². The lowest BCUT2D eigenvalue weighted by Crippen LogP contribution is -2.42. The fourth-order valence-corrected chi connectivity index (χ4v) is 10.4. The number of sulfonamides is 1. The number of carbonyl (C=O) groups is 10. The third-order valence-corrected chi connectivity index (χ3v) is 15.9. The number of H-pyrrole nitrogens is 1. The Bertz CT molecular complexity index is 2560. The van der Waals surface area contributed by atoms with E-state index in [1.54, 1.807) is 12.1 Å². The summed E-state index contributed by atoms with van der Waals surface area (Å²) in [7, 11) is -3.89. The van der Waals surface area contributed by atoms with Crippen LogP contribution in [0.25, 0.3) is 0 Å². The lowest BCUT2D eigenvalue weighted by atomic mass is 9.97. The number of ketones is 2. The molecule has 0 aliphatic heterocycles. The normalized spacial score (nSPS) is 12.3. The van der Waals surface area contributed by atoms with Crippen LogP contribution in [0.3, 0.4) is 0 Å². The number of Topliss-reactive ketones (excluding diaryl/α,β-unsaturated/α-hetero) is 2. The van der Waals surface area contributed by atoms with Crippen molar-refractivity contribution >= 4 is 74.7 Å². The van der Waals surface area contributed by atoms with Crippen LogP contribution in [0.2, 0.25) is 0 Å². The maximum Gasteiger partial charge on any atom is 0.326 e. The number of ether oxygens (including phenoxy) is 4. The SMILES string of the molecule is CCCCNc1ccc(C(=O)NCCCC[C@H](NC(=O)COCCOCCCC(=O)CC[C@H](NC(=O)CC[C@H](CC(=O)COCCOCCNC(=O)CCCS(=O)(=O)NC(=O)CCCCCCCCCCCCCCCc2nn[nH]n2)C(=O)O)C(=O)O)C(=O)O)cc1. The van der Waals surface area contributed by atoms with Crippen LogP contribution in [0.1, 0.15) is 203 Å². The molecule has 0 unspecified atom stereocenters. The molecule has 0 radical (unpaired) electrons. The summed E-state index contributed by atoms with van der Waals surface area (Å²) in [5.74, 6) is -8.31. The summed E-state index contributed by atoms with van der Waals surface area (Å²) in [5.41, 5.74) is 1.43. The minimum absolute atomic E-state index is 0.00363. The molecular formula is C62H102N10O19S. The molecule has 2 rings (SSSR count). The van der Waals surface area contributed by atoms with Crippen LogP contribution >= 0.6 is 0 Å². The van der Waals surface area contributed by atoms with Gasteiger partial charge in [-0.1, -0.05) is 89.2 Å². The van der Waals surface area contributed by atoms with E-state index < -0.39 is 101 Å². The van der Waals surface area contributed by atoms with E-state index in [9.17, 15) is 71.7 Å². The van der Waals surface area contributed by atoms with Crippen LogP contribution in [-0.2, 0) is 78.5 Å². The minimum atomic E-state index is -3.89. The largest absolute Gasteiger partial charge is 0.481 e. The lowest BCUT2D eigenvalue weighted by molar-refractivity contribution is -0.145. The fraction of sp³-hybridized carbons (Fsp3) is 0.726. The van der Waals surface area contributed by atoms with Crippen molar-refractivity contribution in [2.75, 3.05) is 83.6 Å². The molecule has 2 aromatic rings. The van der Waals surface area contributed by atoms with Crippen molar-refractivity contribution in [1.29, 1.82) is 0 Å². The zero-order chi connectivity index (χ0) is 67.5. The van der Waals surface area contributed by atoms with E-state index in [2.05, 4.69) is 58.9 Å². The molecule has 0 fully saturated rings. The number of aromatic nitrogens is 4. The van der Waals surface area contributed by atoms with E-state index in [1.807, 2.05) is 12.1 Å². The number of carboxylic acids is 3. The Balaban J connectivity index is 1.44. The molecule has 1 aromatic carbocycles. The predicted octanol–water partition coefficient (Wildman–Crippen LogP) is 5.13. The second-order valence-corrected chi connectivity index (χ2v) is 24.4. The Labute approximate surface area is 540 Å². The Hall–Kier alpha value is -7.02. The summed E-state index contributed by atoms with van der Waals surface area (Å²) in [5, 5.41) is 56.3. The molecule has 5 amide bonds. The smallest absolute Gasteiger partial charge is 0.326 e. The first-order valence-corrected chi connectivity index (χ1v) is 34.2. The molecule has 1 aromatic heterocycles. The molecule has 0 saturated carbocycles. The number of benzene rings is 1. The van der Waals surface area contributed by atoms with Gasteiger partial charge in [-0.3, -0.25) is 43.1 Å². The van der Waals surface area contributed by atoms with Gasteiger partial charge in [0.05, 0.1) is 44.7 Å². The van der Waals surface area contributed by atoms with E-state index in [1.165, 1.54) is 44.9 Å². The highest BCUT2D eigenvalue weighted by Gasteiger charge is 2.26. The average Bonchev–Trinajstić information content (AvgIpc) is 1.83. The number of tetrazole rings is 1. The van der Waals surface area contributed by atoms with Gasteiger partial charge in [0.25, 0.3) is 5.91 Å². The van der Waals surface area contributed by atoms with Crippen molar-refractivity contribution in [3.05, 3.63) is 35.7 Å². The molecule has 0 bridgehead atoms. The Morgan fingerprint density at radius 2 is 1.11 bits per heavy atom. The number of hydrogen-bond donors (Lipinski definition) is 10. The lowest BCUT2D eigenvalue weighted by Gasteiger charge is -2.16. The Morgan fingerprint density at radius 1 is 0.511 bits per heavy atom. The minimum Gasteiger partial charge on any atom is -0.481 e. The number of unbranched alkanes of at least 4 members (excludes halogenated alkanes) is 14. The molecule has 0 aliphatic rings. The third kappa shape index (κ3) is 43.7. The van der Waals surface area contributed by atoms with Gasteiger partial charge in [0.1, 0.15) is 31.1 Å². The van der Waals surface area contributed by atoms with Crippen molar-refractivity contribution in [2.24, 2.45) is 5.92 Å². The van der Waals surface area contributed by atoms with Gasteiger partial charge in [-0.15, -0.1) is 10.2 Å². The zero-order valence-electron chi connectivity index (χ0n) is 53.7. The van der Waals surface area contributed by atoms with Gasteiger partial charge >= 0.3 is 17.9 Å². The third-order valence-electron chi connectivity index (χ3n) is 14.6. The second kappa shape index (κ2) is 51.5. The first-order valence-electron chi connectivity index (χ1n) is 32.5. The summed E-state index contributed by atoms with van der Waals surface area (Å²) >= 11 is 0. The molecule has 0 spiro atoms. The molecule has 10 N–H and O–H groups in total. The molecule has 0 aliphatic carbocycles. The summed E-state index contributed by atoms with van der Waals surface area (Å²) in [6.07, 6.45) is 17.1. The van der Waals surface area contributed by atoms with Gasteiger partial charge in [0.2, 0.25) is 33.7 Å². The van der Waals surface area contributed by atoms with Gasteiger partial charge in [-0.25, -0.2) is 18.0 Å². The average molecular weight is 1320 g/mol. The van der Waals surface area contributed by atoms with E-state index in [-0.39, 0.29) is 121 Å². The first-order chi connectivity index (χ1) is 44.3. The number of aryl methyl sites for hydroxylation is 1. The number of hydrogen-bond acceptors (Lipinski definition) is 20. The van der Waals surface area contributed by atoms with Gasteiger partial charge in [-0.05, 0) is 88.5 Å². The number of anilines is 1. The van der Waals surface area contributed by atoms with E-state index >= 15 is 0 Å². The number of nitrogens with zero attached hydrogens (tertiary/aromatic N) is 3. The quantitative estimate of drug-likeness (QED) is 0.0383. The molecule has 30 heteroatoms. The van der Waals surface area contributed by atoms with Crippen LogP contribution in [-0.4, -0.2) is 194 Å². The number of amides is 5.